The van der Waals surface area contributed by atoms with Crippen LogP contribution in [0.2, 0.25) is 0 Å². The highest BCUT2D eigenvalue weighted by Gasteiger charge is 2.48. The molecule has 0 saturated carbocycles. The second-order valence-corrected chi connectivity index (χ2v) is 15.0. The first-order valence-electron chi connectivity index (χ1n) is 13.2. The zero-order valence-corrected chi connectivity index (χ0v) is 26.7. The van der Waals surface area contributed by atoms with Crippen LogP contribution in [0.25, 0.3) is 5.82 Å². The molecule has 0 aromatic carbocycles. The van der Waals surface area contributed by atoms with Crippen LogP contribution in [0.5, 0.6) is 5.88 Å². The minimum atomic E-state index is -4.46. The standard InChI is InChI=1S/C28H38F3N5O4S2/c1-10-20(18(2)3)42(38,39)34-24(37)19-11-12-21(32-23(19)35-16-27(8,41-9)15-26(35,6)7)36-14-13-22(33-36)40-17-25(4,5)28(29,30)31/h10-14H,2,15-17H2,1,3-9H3,(H,34,37)/b20-10+/t27-/m1/s1. The number of hydrogen-bond donors (Lipinski definition) is 1. The first-order chi connectivity index (χ1) is 19.2. The number of amides is 1. The summed E-state index contributed by atoms with van der Waals surface area (Å²) >= 11 is 1.69. The van der Waals surface area contributed by atoms with Gasteiger partial charge in [0.15, 0.2) is 5.82 Å². The van der Waals surface area contributed by atoms with E-state index in [-0.39, 0.29) is 38.3 Å². The van der Waals surface area contributed by atoms with Gasteiger partial charge in [0.05, 0.1) is 15.9 Å². The molecule has 0 radical (unpaired) electrons. The first-order valence-corrected chi connectivity index (χ1v) is 15.9. The van der Waals surface area contributed by atoms with Gasteiger partial charge in [-0.1, -0.05) is 12.7 Å². The molecule has 232 valence electrons. The van der Waals surface area contributed by atoms with E-state index < -0.39 is 39.7 Å². The average Bonchev–Trinajstić information content (AvgIpc) is 3.43. The first kappa shape index (κ1) is 33.5. The molecule has 0 bridgehead atoms. The van der Waals surface area contributed by atoms with Gasteiger partial charge in [-0.05, 0) is 78.8 Å². The van der Waals surface area contributed by atoms with E-state index in [4.69, 9.17) is 9.72 Å². The lowest BCUT2D eigenvalue weighted by Gasteiger charge is -2.33. The molecule has 3 heterocycles. The van der Waals surface area contributed by atoms with E-state index in [1.165, 1.54) is 49.0 Å². The lowest BCUT2D eigenvalue weighted by molar-refractivity contribution is -0.219. The summed E-state index contributed by atoms with van der Waals surface area (Å²) in [6.45, 7) is 14.9. The molecular weight excluding hydrogens is 591 g/mol. The largest absolute Gasteiger partial charge is 0.476 e. The maximum atomic E-state index is 13.5. The number of rotatable bonds is 10. The van der Waals surface area contributed by atoms with Crippen molar-refractivity contribution in [2.45, 2.75) is 71.3 Å². The topological polar surface area (TPSA) is 106 Å². The number of allylic oxidation sites excluding steroid dienone is 2. The minimum absolute atomic E-state index is 0.0290. The number of halogens is 3. The predicted molar refractivity (Wildman–Crippen MR) is 160 cm³/mol. The van der Waals surface area contributed by atoms with Crippen molar-refractivity contribution in [2.75, 3.05) is 24.3 Å². The van der Waals surface area contributed by atoms with Crippen LogP contribution in [0.3, 0.4) is 0 Å². The fourth-order valence-corrected chi connectivity index (χ4v) is 6.76. The van der Waals surface area contributed by atoms with Gasteiger partial charge in [-0.15, -0.1) is 5.10 Å². The van der Waals surface area contributed by atoms with E-state index in [0.717, 1.165) is 20.3 Å². The van der Waals surface area contributed by atoms with E-state index in [2.05, 4.69) is 23.3 Å². The number of pyridine rings is 1. The maximum absolute atomic E-state index is 13.5. The number of thioether (sulfide) groups is 1. The van der Waals surface area contributed by atoms with Gasteiger partial charge in [0.1, 0.15) is 12.4 Å². The number of sulfonamides is 1. The molecule has 2 aromatic rings. The fourth-order valence-electron chi connectivity index (χ4n) is 4.77. The number of nitrogens with zero attached hydrogens (tertiary/aromatic N) is 4. The van der Waals surface area contributed by atoms with Crippen molar-refractivity contribution < 1.29 is 31.1 Å². The highest BCUT2D eigenvalue weighted by atomic mass is 32.2. The number of anilines is 1. The fraction of sp³-hybridized carbons (Fsp3) is 0.536. The van der Waals surface area contributed by atoms with Crippen molar-refractivity contribution in [3.63, 3.8) is 0 Å². The van der Waals surface area contributed by atoms with Gasteiger partial charge in [-0.3, -0.25) is 4.79 Å². The third kappa shape index (κ3) is 6.96. The Hall–Kier alpha value is -3.00. The molecule has 1 atom stereocenters. The molecule has 0 spiro atoms. The molecule has 1 fully saturated rings. The highest BCUT2D eigenvalue weighted by Crippen LogP contribution is 2.45. The molecule has 1 aliphatic rings. The number of nitrogens with one attached hydrogen (secondary N) is 1. The molecule has 2 aromatic heterocycles. The number of carbonyl (C=O) groups excluding carboxylic acids is 1. The van der Waals surface area contributed by atoms with Gasteiger partial charge in [0.2, 0.25) is 5.88 Å². The molecule has 14 heteroatoms. The molecule has 3 rings (SSSR count). The van der Waals surface area contributed by atoms with Crippen LogP contribution < -0.4 is 14.4 Å². The summed E-state index contributed by atoms with van der Waals surface area (Å²) in [6, 6.07) is 4.36. The second kappa shape index (κ2) is 11.6. The maximum Gasteiger partial charge on any atom is 0.397 e. The Morgan fingerprint density at radius 2 is 1.88 bits per heavy atom. The van der Waals surface area contributed by atoms with Crippen molar-refractivity contribution in [1.29, 1.82) is 0 Å². The summed E-state index contributed by atoms with van der Waals surface area (Å²) in [4.78, 5) is 20.1. The van der Waals surface area contributed by atoms with Gasteiger partial charge in [0.25, 0.3) is 15.9 Å². The Labute approximate surface area is 249 Å². The molecule has 9 nitrogen and oxygen atoms in total. The van der Waals surface area contributed by atoms with Crippen LogP contribution in [-0.2, 0) is 10.0 Å². The molecule has 1 saturated heterocycles. The minimum Gasteiger partial charge on any atom is -0.476 e. The van der Waals surface area contributed by atoms with Crippen molar-refractivity contribution in [1.82, 2.24) is 19.5 Å². The third-order valence-electron chi connectivity index (χ3n) is 7.23. The van der Waals surface area contributed by atoms with Crippen LogP contribution in [0, 0.1) is 5.41 Å². The summed E-state index contributed by atoms with van der Waals surface area (Å²) in [7, 11) is -4.21. The Kier molecular flexibility index (Phi) is 9.24. The van der Waals surface area contributed by atoms with E-state index in [1.54, 1.807) is 11.8 Å². The molecule has 0 aliphatic carbocycles. The Balaban J connectivity index is 2.04. The quantitative estimate of drug-likeness (QED) is 0.325. The van der Waals surface area contributed by atoms with E-state index in [0.29, 0.717) is 6.54 Å². The molecule has 0 unspecified atom stereocenters. The van der Waals surface area contributed by atoms with E-state index in [9.17, 15) is 26.4 Å². The number of hydrogen-bond acceptors (Lipinski definition) is 8. The number of ether oxygens (including phenoxy) is 1. The number of aromatic nitrogens is 3. The Morgan fingerprint density at radius 1 is 1.24 bits per heavy atom. The molecular formula is C28H38F3N5O4S2. The van der Waals surface area contributed by atoms with Crippen LogP contribution >= 0.6 is 11.8 Å². The lowest BCUT2D eigenvalue weighted by atomic mass is 9.94. The van der Waals surface area contributed by atoms with Crippen LogP contribution in [0.1, 0.15) is 65.2 Å². The van der Waals surface area contributed by atoms with Crippen LogP contribution in [0.4, 0.5) is 19.0 Å². The summed E-state index contributed by atoms with van der Waals surface area (Å²) < 4.78 is 74.4. The predicted octanol–water partition coefficient (Wildman–Crippen LogP) is 5.88. The lowest BCUT2D eigenvalue weighted by Crippen LogP contribution is -2.41. The van der Waals surface area contributed by atoms with Crippen LogP contribution in [0.15, 0.2) is 47.5 Å². The van der Waals surface area contributed by atoms with Crippen molar-refractivity contribution in [3.05, 3.63) is 53.1 Å². The van der Waals surface area contributed by atoms with Crippen molar-refractivity contribution in [3.8, 4) is 11.7 Å². The molecule has 1 N–H and O–H groups in total. The SMILES string of the molecule is C=C(C)/C(=C\C)S(=O)(=O)NC(=O)c1ccc(-n2ccc(OCC(C)(C)C(F)(F)F)n2)nc1N1C[C@](C)(SC)CC1(C)C. The third-order valence-corrected chi connectivity index (χ3v) is 10.1. The average molecular weight is 630 g/mol. The van der Waals surface area contributed by atoms with Gasteiger partial charge in [-0.2, -0.15) is 24.9 Å². The highest BCUT2D eigenvalue weighted by molar-refractivity contribution is 8.00. The summed E-state index contributed by atoms with van der Waals surface area (Å²) in [5.41, 5.74) is -2.23. The van der Waals surface area contributed by atoms with Gasteiger partial charge >= 0.3 is 6.18 Å². The summed E-state index contributed by atoms with van der Waals surface area (Å²) in [5.74, 6) is -0.383. The Bertz CT molecular complexity index is 1500. The molecule has 1 amide bonds. The monoisotopic (exact) mass is 629 g/mol. The van der Waals surface area contributed by atoms with Gasteiger partial charge in [0, 0.05) is 29.1 Å². The van der Waals surface area contributed by atoms with Crippen molar-refractivity contribution >= 4 is 33.5 Å². The second-order valence-electron chi connectivity index (χ2n) is 11.9. The zero-order valence-electron chi connectivity index (χ0n) is 25.1. The number of alkyl halides is 3. The summed E-state index contributed by atoms with van der Waals surface area (Å²) in [6.07, 6.45) is 1.16. The normalized spacial score (nSPS) is 19.6. The smallest absolute Gasteiger partial charge is 0.397 e. The van der Waals surface area contributed by atoms with Gasteiger partial charge in [-0.25, -0.2) is 22.8 Å². The zero-order chi connectivity index (χ0) is 31.9. The number of carbonyl (C=O) groups is 1. The van der Waals surface area contributed by atoms with E-state index in [1.807, 2.05) is 25.0 Å². The van der Waals surface area contributed by atoms with Gasteiger partial charge < -0.3 is 9.64 Å². The molecule has 1 aliphatic heterocycles. The molecule has 42 heavy (non-hydrogen) atoms. The van der Waals surface area contributed by atoms with Crippen LogP contribution in [-0.4, -0.2) is 65.0 Å². The summed E-state index contributed by atoms with van der Waals surface area (Å²) in [5, 5.41) is 4.23. The van der Waals surface area contributed by atoms with E-state index >= 15 is 0 Å². The Morgan fingerprint density at radius 3 is 2.40 bits per heavy atom. The van der Waals surface area contributed by atoms with Crippen molar-refractivity contribution in [2.24, 2.45) is 5.41 Å².